The Hall–Kier alpha value is -2.16. The highest BCUT2D eigenvalue weighted by molar-refractivity contribution is 5.62. The van der Waals surface area contributed by atoms with Crippen molar-refractivity contribution >= 4 is 11.5 Å². The first-order valence-corrected chi connectivity index (χ1v) is 6.21. The van der Waals surface area contributed by atoms with E-state index in [-0.39, 0.29) is 11.5 Å². The molecule has 6 nitrogen and oxygen atoms in total. The summed E-state index contributed by atoms with van der Waals surface area (Å²) in [5.74, 6) is 2.63. The number of unbranched alkanes of at least 4 members (excludes halogenated alkanes) is 1. The van der Waals surface area contributed by atoms with Crippen molar-refractivity contribution in [2.45, 2.75) is 45.7 Å². The molecule has 4 N–H and O–H groups in total. The highest BCUT2D eigenvalue weighted by atomic mass is 16.2. The zero-order valence-electron chi connectivity index (χ0n) is 11.5. The van der Waals surface area contributed by atoms with Crippen LogP contribution in [0.4, 0.5) is 11.5 Å². The number of nitrogens with one attached hydrogen (secondary N) is 2. The van der Waals surface area contributed by atoms with Gasteiger partial charge < -0.3 is 11.1 Å². The van der Waals surface area contributed by atoms with Crippen molar-refractivity contribution in [3.63, 3.8) is 0 Å². The SMILES string of the molecule is C#CC(C)(C)Nc1c(N)n(CCCC)c(=O)[nH]c1=O. The van der Waals surface area contributed by atoms with Crippen molar-refractivity contribution < 1.29 is 0 Å². The Morgan fingerprint density at radius 2 is 2.11 bits per heavy atom. The van der Waals surface area contributed by atoms with Gasteiger partial charge in [-0.05, 0) is 20.3 Å². The summed E-state index contributed by atoms with van der Waals surface area (Å²) in [6.07, 6.45) is 7.09. The van der Waals surface area contributed by atoms with Crippen LogP contribution in [0.3, 0.4) is 0 Å². The van der Waals surface area contributed by atoms with E-state index in [9.17, 15) is 9.59 Å². The molecule has 0 saturated carbocycles. The van der Waals surface area contributed by atoms with Gasteiger partial charge in [0, 0.05) is 6.54 Å². The lowest BCUT2D eigenvalue weighted by Gasteiger charge is -2.22. The summed E-state index contributed by atoms with van der Waals surface area (Å²) in [5.41, 5.74) is 4.25. The second kappa shape index (κ2) is 5.65. The second-order valence-electron chi connectivity index (χ2n) is 4.92. The molecule has 0 fully saturated rings. The van der Waals surface area contributed by atoms with E-state index in [1.807, 2.05) is 6.92 Å². The van der Waals surface area contributed by atoms with Crippen LogP contribution in [-0.2, 0) is 6.54 Å². The predicted octanol–water partition coefficient (Wildman–Crippen LogP) is 0.743. The zero-order chi connectivity index (χ0) is 14.6. The number of nitrogens with zero attached hydrogens (tertiary/aromatic N) is 1. The number of H-pyrrole nitrogens is 1. The first-order valence-electron chi connectivity index (χ1n) is 6.21. The largest absolute Gasteiger partial charge is 0.383 e. The summed E-state index contributed by atoms with van der Waals surface area (Å²) in [7, 11) is 0. The Morgan fingerprint density at radius 1 is 1.47 bits per heavy atom. The Morgan fingerprint density at radius 3 is 2.63 bits per heavy atom. The van der Waals surface area contributed by atoms with Gasteiger partial charge in [0.2, 0.25) is 0 Å². The topological polar surface area (TPSA) is 92.9 Å². The van der Waals surface area contributed by atoms with Crippen LogP contribution in [0.2, 0.25) is 0 Å². The number of nitrogen functional groups attached to an aromatic ring is 1. The Labute approximate surface area is 112 Å². The van der Waals surface area contributed by atoms with Crippen LogP contribution in [0, 0.1) is 12.3 Å². The summed E-state index contributed by atoms with van der Waals surface area (Å²) in [6.45, 7) is 5.96. The van der Waals surface area contributed by atoms with E-state index in [4.69, 9.17) is 12.2 Å². The third-order valence-electron chi connectivity index (χ3n) is 2.77. The van der Waals surface area contributed by atoms with E-state index in [1.54, 1.807) is 13.8 Å². The van der Waals surface area contributed by atoms with Crippen molar-refractivity contribution in [3.05, 3.63) is 20.8 Å². The van der Waals surface area contributed by atoms with Crippen molar-refractivity contribution in [2.75, 3.05) is 11.1 Å². The van der Waals surface area contributed by atoms with E-state index in [2.05, 4.69) is 16.2 Å². The van der Waals surface area contributed by atoms with Gasteiger partial charge in [0.15, 0.2) is 0 Å². The maximum absolute atomic E-state index is 11.8. The van der Waals surface area contributed by atoms with Crippen LogP contribution < -0.4 is 22.3 Å². The summed E-state index contributed by atoms with van der Waals surface area (Å²) in [5, 5.41) is 2.88. The molecule has 6 heteroatoms. The van der Waals surface area contributed by atoms with Crippen molar-refractivity contribution in [3.8, 4) is 12.3 Å². The van der Waals surface area contributed by atoms with Gasteiger partial charge in [-0.25, -0.2) is 4.79 Å². The van der Waals surface area contributed by atoms with Crippen LogP contribution in [0.25, 0.3) is 0 Å². The minimum atomic E-state index is -0.728. The van der Waals surface area contributed by atoms with E-state index in [0.717, 1.165) is 12.8 Å². The number of terminal acetylenes is 1. The third kappa shape index (κ3) is 3.41. The lowest BCUT2D eigenvalue weighted by Crippen LogP contribution is -2.38. The normalized spacial score (nSPS) is 11.1. The van der Waals surface area contributed by atoms with Crippen LogP contribution in [-0.4, -0.2) is 15.1 Å². The van der Waals surface area contributed by atoms with Gasteiger partial charge in [-0.15, -0.1) is 6.42 Å². The Kier molecular flexibility index (Phi) is 4.43. The standard InChI is InChI=1S/C13H20N4O2/c1-5-7-8-17-10(14)9(11(18)15-12(17)19)16-13(3,4)6-2/h2,16H,5,7-8,14H2,1,3-4H3,(H,15,18,19). The molecule has 1 heterocycles. The molecule has 0 atom stereocenters. The molecular formula is C13H20N4O2. The molecule has 0 radical (unpaired) electrons. The average Bonchev–Trinajstić information content (AvgIpc) is 2.34. The van der Waals surface area contributed by atoms with E-state index in [0.29, 0.717) is 6.54 Å². The fourth-order valence-electron chi connectivity index (χ4n) is 1.60. The Balaban J connectivity index is 3.30. The van der Waals surface area contributed by atoms with Gasteiger partial charge in [-0.1, -0.05) is 19.3 Å². The predicted molar refractivity (Wildman–Crippen MR) is 77.2 cm³/mol. The number of hydrogen-bond donors (Lipinski definition) is 3. The van der Waals surface area contributed by atoms with Gasteiger partial charge in [-0.3, -0.25) is 14.3 Å². The van der Waals surface area contributed by atoms with Crippen LogP contribution >= 0.6 is 0 Å². The molecule has 0 unspecified atom stereocenters. The number of rotatable bonds is 5. The Bertz CT molecular complexity index is 605. The minimum Gasteiger partial charge on any atom is -0.383 e. The van der Waals surface area contributed by atoms with Crippen molar-refractivity contribution in [1.82, 2.24) is 9.55 Å². The van der Waals surface area contributed by atoms with Gasteiger partial charge >= 0.3 is 5.69 Å². The summed E-state index contributed by atoms with van der Waals surface area (Å²) in [4.78, 5) is 25.8. The molecule has 1 aromatic rings. The third-order valence-corrected chi connectivity index (χ3v) is 2.77. The molecule has 0 aromatic carbocycles. The van der Waals surface area contributed by atoms with Gasteiger partial charge in [0.05, 0.1) is 5.54 Å². The number of hydrogen-bond acceptors (Lipinski definition) is 4. The van der Waals surface area contributed by atoms with Crippen LogP contribution in [0.1, 0.15) is 33.6 Å². The fourth-order valence-corrected chi connectivity index (χ4v) is 1.60. The smallest absolute Gasteiger partial charge is 0.330 e. The van der Waals surface area contributed by atoms with Gasteiger partial charge in [0.1, 0.15) is 11.5 Å². The molecular weight excluding hydrogens is 244 g/mol. The monoisotopic (exact) mass is 264 g/mol. The lowest BCUT2D eigenvalue weighted by molar-refractivity contribution is 0.603. The molecule has 1 rings (SSSR count). The van der Waals surface area contributed by atoms with Crippen molar-refractivity contribution in [1.29, 1.82) is 0 Å². The highest BCUT2D eigenvalue weighted by Gasteiger charge is 2.19. The minimum absolute atomic E-state index is 0.116. The second-order valence-corrected chi connectivity index (χ2v) is 4.92. The molecule has 0 aliphatic heterocycles. The number of aromatic amines is 1. The molecule has 19 heavy (non-hydrogen) atoms. The summed E-state index contributed by atoms with van der Waals surface area (Å²) in [6, 6.07) is 0. The molecule has 1 aromatic heterocycles. The molecule has 104 valence electrons. The first-order chi connectivity index (χ1) is 8.82. The first kappa shape index (κ1) is 14.9. The fraction of sp³-hybridized carbons (Fsp3) is 0.538. The maximum atomic E-state index is 11.8. The highest BCUT2D eigenvalue weighted by Crippen LogP contribution is 2.16. The van der Waals surface area contributed by atoms with Crippen LogP contribution in [0.5, 0.6) is 0 Å². The average molecular weight is 264 g/mol. The maximum Gasteiger partial charge on any atom is 0.330 e. The van der Waals surface area contributed by atoms with E-state index < -0.39 is 16.8 Å². The summed E-state index contributed by atoms with van der Waals surface area (Å²) >= 11 is 0. The molecule has 0 amide bonds. The zero-order valence-corrected chi connectivity index (χ0v) is 11.5. The van der Waals surface area contributed by atoms with Gasteiger partial charge in [0.25, 0.3) is 5.56 Å². The van der Waals surface area contributed by atoms with E-state index >= 15 is 0 Å². The molecule has 0 spiro atoms. The number of nitrogens with two attached hydrogens (primary N) is 1. The molecule has 0 bridgehead atoms. The van der Waals surface area contributed by atoms with Gasteiger partial charge in [-0.2, -0.15) is 0 Å². The van der Waals surface area contributed by atoms with Crippen molar-refractivity contribution in [2.24, 2.45) is 0 Å². The number of aromatic nitrogens is 2. The quantitative estimate of drug-likeness (QED) is 0.684. The molecule has 0 saturated heterocycles. The van der Waals surface area contributed by atoms with Crippen LogP contribution in [0.15, 0.2) is 9.59 Å². The lowest BCUT2D eigenvalue weighted by atomic mass is 10.1. The number of anilines is 2. The molecule has 0 aliphatic carbocycles. The summed E-state index contributed by atoms with van der Waals surface area (Å²) < 4.78 is 1.35. The molecule has 0 aliphatic rings. The van der Waals surface area contributed by atoms with E-state index in [1.165, 1.54) is 4.57 Å².